The minimum Gasteiger partial charge on any atom is -0.316 e. The molecular weight excluding hydrogens is 148 g/mol. The number of aliphatic imine (C=N–C) groups is 1. The summed E-state index contributed by atoms with van der Waals surface area (Å²) in [5, 5.41) is 3.42. The van der Waals surface area contributed by atoms with Crippen LogP contribution in [-0.2, 0) is 0 Å². The van der Waals surface area contributed by atoms with E-state index < -0.39 is 0 Å². The van der Waals surface area contributed by atoms with E-state index in [2.05, 4.69) is 22.6 Å². The first-order valence-electron chi connectivity index (χ1n) is 4.90. The number of hydrogen-bond donors (Lipinski definition) is 1. The largest absolute Gasteiger partial charge is 0.316 e. The fourth-order valence-corrected chi connectivity index (χ4v) is 1.90. The Morgan fingerprint density at radius 3 is 3.08 bits per heavy atom. The molecule has 0 bridgehead atoms. The van der Waals surface area contributed by atoms with Crippen LogP contribution in [0.2, 0.25) is 0 Å². The first kappa shape index (κ1) is 7.99. The second kappa shape index (κ2) is 3.85. The standard InChI is InChI=1S/C10H16N2/c1-2-7-12-10(5-1)9-4-3-6-11-8-9/h5,7,9,11H,1-4,6,8H2. The Kier molecular flexibility index (Phi) is 2.57. The SMILES string of the molecule is C1=NC(C2CCCNC2)=CCC1. The van der Waals surface area contributed by atoms with E-state index in [1.54, 1.807) is 0 Å². The second-order valence-corrected chi connectivity index (χ2v) is 3.56. The number of allylic oxidation sites excluding steroid dienone is 1. The molecule has 2 nitrogen and oxygen atoms in total. The highest BCUT2D eigenvalue weighted by molar-refractivity contribution is 5.60. The monoisotopic (exact) mass is 164 g/mol. The zero-order chi connectivity index (χ0) is 8.23. The van der Waals surface area contributed by atoms with Crippen molar-refractivity contribution in [3.8, 4) is 0 Å². The molecule has 0 radical (unpaired) electrons. The molecule has 2 rings (SSSR count). The highest BCUT2D eigenvalue weighted by atomic mass is 14.9. The number of hydrogen-bond acceptors (Lipinski definition) is 2. The van der Waals surface area contributed by atoms with Gasteiger partial charge in [-0.15, -0.1) is 0 Å². The fraction of sp³-hybridized carbons (Fsp3) is 0.700. The molecule has 2 heteroatoms. The Balaban J connectivity index is 1.97. The predicted molar refractivity (Wildman–Crippen MR) is 51.4 cm³/mol. The lowest BCUT2D eigenvalue weighted by Crippen LogP contribution is -2.30. The van der Waals surface area contributed by atoms with Crippen LogP contribution < -0.4 is 5.32 Å². The fourth-order valence-electron chi connectivity index (χ4n) is 1.90. The van der Waals surface area contributed by atoms with Crippen LogP contribution in [0.15, 0.2) is 16.8 Å². The summed E-state index contributed by atoms with van der Waals surface area (Å²) in [6.45, 7) is 2.32. The van der Waals surface area contributed by atoms with Gasteiger partial charge in [-0.25, -0.2) is 0 Å². The van der Waals surface area contributed by atoms with E-state index >= 15 is 0 Å². The molecule has 0 aromatic rings. The Morgan fingerprint density at radius 2 is 2.42 bits per heavy atom. The summed E-state index contributed by atoms with van der Waals surface area (Å²) in [6, 6.07) is 0. The molecule has 0 amide bonds. The molecule has 1 saturated heterocycles. The molecule has 12 heavy (non-hydrogen) atoms. The van der Waals surface area contributed by atoms with Crippen LogP contribution >= 0.6 is 0 Å². The molecule has 0 spiro atoms. The third-order valence-corrected chi connectivity index (χ3v) is 2.60. The summed E-state index contributed by atoms with van der Waals surface area (Å²) in [7, 11) is 0. The molecule has 0 aromatic heterocycles. The van der Waals surface area contributed by atoms with E-state index in [-0.39, 0.29) is 0 Å². The van der Waals surface area contributed by atoms with Crippen LogP contribution in [0.4, 0.5) is 0 Å². The molecule has 0 aliphatic carbocycles. The van der Waals surface area contributed by atoms with Gasteiger partial charge in [0.1, 0.15) is 0 Å². The molecule has 1 atom stereocenters. The minimum atomic E-state index is 0.690. The Bertz CT molecular complexity index is 200. The summed E-state index contributed by atoms with van der Waals surface area (Å²) in [4.78, 5) is 4.45. The van der Waals surface area contributed by atoms with Gasteiger partial charge >= 0.3 is 0 Å². The molecule has 0 saturated carbocycles. The van der Waals surface area contributed by atoms with Gasteiger partial charge in [0, 0.05) is 24.4 Å². The Labute approximate surface area is 73.8 Å². The summed E-state index contributed by atoms with van der Waals surface area (Å²) >= 11 is 0. The van der Waals surface area contributed by atoms with Crippen LogP contribution in [0, 0.1) is 5.92 Å². The molecule has 1 fully saturated rings. The van der Waals surface area contributed by atoms with E-state index in [1.807, 2.05) is 0 Å². The van der Waals surface area contributed by atoms with Gasteiger partial charge in [0.25, 0.3) is 0 Å². The van der Waals surface area contributed by atoms with Crippen molar-refractivity contribution in [3.05, 3.63) is 11.8 Å². The minimum absolute atomic E-state index is 0.690. The maximum atomic E-state index is 4.45. The average Bonchev–Trinajstić information content (AvgIpc) is 2.21. The number of nitrogens with one attached hydrogen (secondary N) is 1. The molecule has 2 heterocycles. The van der Waals surface area contributed by atoms with Crippen LogP contribution in [0.3, 0.4) is 0 Å². The smallest absolute Gasteiger partial charge is 0.0403 e. The third-order valence-electron chi connectivity index (χ3n) is 2.60. The first-order chi connectivity index (χ1) is 5.97. The van der Waals surface area contributed by atoms with E-state index in [1.165, 1.54) is 31.5 Å². The van der Waals surface area contributed by atoms with E-state index in [0.717, 1.165) is 13.0 Å². The summed E-state index contributed by atoms with van der Waals surface area (Å²) in [5.74, 6) is 0.690. The van der Waals surface area contributed by atoms with Gasteiger partial charge < -0.3 is 5.32 Å². The molecule has 2 aliphatic heterocycles. The number of nitrogens with zero attached hydrogens (tertiary/aromatic N) is 1. The van der Waals surface area contributed by atoms with Crippen molar-refractivity contribution in [1.29, 1.82) is 0 Å². The van der Waals surface area contributed by atoms with Crippen LogP contribution in [0.25, 0.3) is 0 Å². The summed E-state index contributed by atoms with van der Waals surface area (Å²) < 4.78 is 0. The van der Waals surface area contributed by atoms with E-state index in [9.17, 15) is 0 Å². The molecule has 2 aliphatic rings. The van der Waals surface area contributed by atoms with Gasteiger partial charge in [0.05, 0.1) is 0 Å². The summed E-state index contributed by atoms with van der Waals surface area (Å²) in [6.07, 6.45) is 9.30. The van der Waals surface area contributed by atoms with Gasteiger partial charge in [0.2, 0.25) is 0 Å². The second-order valence-electron chi connectivity index (χ2n) is 3.56. The third kappa shape index (κ3) is 1.75. The first-order valence-corrected chi connectivity index (χ1v) is 4.90. The van der Waals surface area contributed by atoms with Crippen molar-refractivity contribution < 1.29 is 0 Å². The van der Waals surface area contributed by atoms with Gasteiger partial charge in [-0.3, -0.25) is 4.99 Å². The Hall–Kier alpha value is -0.630. The van der Waals surface area contributed by atoms with Crippen molar-refractivity contribution in [2.75, 3.05) is 13.1 Å². The van der Waals surface area contributed by atoms with Crippen molar-refractivity contribution >= 4 is 6.21 Å². The molecule has 66 valence electrons. The van der Waals surface area contributed by atoms with Crippen LogP contribution in [0.5, 0.6) is 0 Å². The molecule has 1 unspecified atom stereocenters. The van der Waals surface area contributed by atoms with Crippen molar-refractivity contribution in [3.63, 3.8) is 0 Å². The van der Waals surface area contributed by atoms with Gasteiger partial charge in [0.15, 0.2) is 0 Å². The predicted octanol–water partition coefficient (Wildman–Crippen LogP) is 1.73. The van der Waals surface area contributed by atoms with Crippen molar-refractivity contribution in [1.82, 2.24) is 5.32 Å². The van der Waals surface area contributed by atoms with Crippen molar-refractivity contribution in [2.45, 2.75) is 25.7 Å². The zero-order valence-electron chi connectivity index (χ0n) is 7.42. The maximum Gasteiger partial charge on any atom is 0.0403 e. The normalized spacial score (nSPS) is 30.0. The van der Waals surface area contributed by atoms with E-state index in [0.29, 0.717) is 5.92 Å². The Morgan fingerprint density at radius 1 is 1.42 bits per heavy atom. The average molecular weight is 164 g/mol. The van der Waals surface area contributed by atoms with Gasteiger partial charge in [-0.1, -0.05) is 6.08 Å². The molecule has 1 N–H and O–H groups in total. The highest BCUT2D eigenvalue weighted by Gasteiger charge is 2.17. The number of rotatable bonds is 1. The summed E-state index contributed by atoms with van der Waals surface area (Å²) in [5.41, 5.74) is 1.33. The lowest BCUT2D eigenvalue weighted by Gasteiger charge is -2.24. The van der Waals surface area contributed by atoms with E-state index in [4.69, 9.17) is 0 Å². The lowest BCUT2D eigenvalue weighted by atomic mass is 9.94. The molecular formula is C10H16N2. The molecule has 0 aromatic carbocycles. The van der Waals surface area contributed by atoms with Crippen LogP contribution in [-0.4, -0.2) is 19.3 Å². The number of piperidine rings is 1. The quantitative estimate of drug-likeness (QED) is 0.627. The zero-order valence-corrected chi connectivity index (χ0v) is 7.42. The van der Waals surface area contributed by atoms with Crippen LogP contribution in [0.1, 0.15) is 25.7 Å². The van der Waals surface area contributed by atoms with Gasteiger partial charge in [-0.05, 0) is 32.2 Å². The maximum absolute atomic E-state index is 4.45. The lowest BCUT2D eigenvalue weighted by molar-refractivity contribution is 0.418. The highest BCUT2D eigenvalue weighted by Crippen LogP contribution is 2.22. The topological polar surface area (TPSA) is 24.4 Å². The van der Waals surface area contributed by atoms with Gasteiger partial charge in [-0.2, -0.15) is 0 Å². The van der Waals surface area contributed by atoms with Crippen molar-refractivity contribution in [2.24, 2.45) is 10.9 Å².